The number of carboxylic acids is 2. The summed E-state index contributed by atoms with van der Waals surface area (Å²) in [6.07, 6.45) is 5.77. The minimum Gasteiger partial charge on any atom is -0.481 e. The predicted molar refractivity (Wildman–Crippen MR) is 104 cm³/mol. The van der Waals surface area contributed by atoms with Gasteiger partial charge in [-0.2, -0.15) is 0 Å². The molecule has 3 aromatic rings. The van der Waals surface area contributed by atoms with Crippen molar-refractivity contribution >= 4 is 34.5 Å². The number of rotatable bonds is 7. The maximum atomic E-state index is 13.7. The summed E-state index contributed by atoms with van der Waals surface area (Å²) in [5.74, 6) is -3.92. The lowest BCUT2D eigenvalue weighted by Gasteiger charge is -2.13. The minimum atomic E-state index is -1.54. The molecular formula is C20H16FN5O5. The molecule has 158 valence electrons. The summed E-state index contributed by atoms with van der Waals surface area (Å²) in [4.78, 5) is 46.9. The van der Waals surface area contributed by atoms with Crippen LogP contribution in [0.3, 0.4) is 0 Å². The molecule has 0 fully saturated rings. The molecule has 1 aliphatic rings. The first-order valence-corrected chi connectivity index (χ1v) is 9.22. The average molecular weight is 425 g/mol. The zero-order valence-corrected chi connectivity index (χ0v) is 15.9. The molecule has 0 saturated carbocycles. The minimum absolute atomic E-state index is 0.269. The van der Waals surface area contributed by atoms with E-state index < -0.39 is 36.1 Å². The molecule has 0 saturated heterocycles. The third kappa shape index (κ3) is 3.97. The number of pyridine rings is 1. The topological polar surface area (TPSA) is 147 Å². The number of fused-ring (bicyclic) bond motifs is 2. The van der Waals surface area contributed by atoms with Crippen molar-refractivity contribution in [2.45, 2.75) is 25.4 Å². The number of hydrogen-bond donors (Lipinski definition) is 3. The van der Waals surface area contributed by atoms with Crippen LogP contribution in [0.1, 0.15) is 23.4 Å². The predicted octanol–water partition coefficient (Wildman–Crippen LogP) is 0.997. The molecule has 1 aliphatic carbocycles. The maximum absolute atomic E-state index is 13.7. The van der Waals surface area contributed by atoms with Gasteiger partial charge >= 0.3 is 11.9 Å². The van der Waals surface area contributed by atoms with Gasteiger partial charge in [-0.15, -0.1) is 0 Å². The Bertz CT molecular complexity index is 1250. The summed E-state index contributed by atoms with van der Waals surface area (Å²) in [5, 5.41) is 20.7. The Morgan fingerprint density at radius 2 is 2.03 bits per heavy atom. The van der Waals surface area contributed by atoms with Crippen LogP contribution in [0.4, 0.5) is 4.39 Å². The van der Waals surface area contributed by atoms with Crippen LogP contribution in [-0.4, -0.2) is 53.6 Å². The van der Waals surface area contributed by atoms with Crippen molar-refractivity contribution in [3.05, 3.63) is 59.7 Å². The normalized spacial score (nSPS) is 13.5. The van der Waals surface area contributed by atoms with Crippen LogP contribution in [0.15, 0.2) is 36.9 Å². The standard InChI is InChI=1S/C20H16FN5O5/c21-10-5-13-11(1-2-14(13)22-7-10)18-12-3-4-26(19(12)24-9-23-18)8-16(27)25-15(20(30)31)6-17(28)29/h1,3-5,7,9,15H,2,6,8H2,(H,25,27)(H,28,29)(H,30,31). The lowest BCUT2D eigenvalue weighted by molar-refractivity contribution is -0.147. The number of hydrogen-bond acceptors (Lipinski definition) is 6. The molecule has 4 rings (SSSR count). The van der Waals surface area contributed by atoms with E-state index in [4.69, 9.17) is 10.2 Å². The van der Waals surface area contributed by atoms with E-state index in [9.17, 15) is 18.8 Å². The van der Waals surface area contributed by atoms with E-state index in [1.807, 2.05) is 6.08 Å². The van der Waals surface area contributed by atoms with E-state index in [1.165, 1.54) is 17.0 Å². The highest BCUT2D eigenvalue weighted by Gasteiger charge is 2.24. The Morgan fingerprint density at radius 1 is 1.23 bits per heavy atom. The SMILES string of the molecule is O=C(O)CC(NC(=O)Cn1ccc2c(C3=CCc4ncc(F)cc43)ncnc21)C(=O)O. The molecule has 11 heteroatoms. The van der Waals surface area contributed by atoms with Crippen molar-refractivity contribution in [2.75, 3.05) is 0 Å². The van der Waals surface area contributed by atoms with E-state index >= 15 is 0 Å². The number of carbonyl (C=O) groups is 3. The fraction of sp³-hybridized carbons (Fsp3) is 0.200. The average Bonchev–Trinajstić information content (AvgIpc) is 3.31. The van der Waals surface area contributed by atoms with Gasteiger partial charge in [0.2, 0.25) is 5.91 Å². The number of carboxylic acid groups (broad SMARTS) is 2. The lowest BCUT2D eigenvalue weighted by atomic mass is 10.0. The number of amides is 1. The molecule has 10 nitrogen and oxygen atoms in total. The summed E-state index contributed by atoms with van der Waals surface area (Å²) >= 11 is 0. The zero-order valence-electron chi connectivity index (χ0n) is 15.9. The molecule has 0 aliphatic heterocycles. The molecule has 3 N–H and O–H groups in total. The molecule has 0 bridgehead atoms. The van der Waals surface area contributed by atoms with Gasteiger partial charge in [0.05, 0.1) is 24.0 Å². The monoisotopic (exact) mass is 425 g/mol. The molecule has 1 unspecified atom stereocenters. The van der Waals surface area contributed by atoms with Gasteiger partial charge in [-0.3, -0.25) is 14.6 Å². The molecular weight excluding hydrogens is 409 g/mol. The Hall–Kier alpha value is -4.15. The van der Waals surface area contributed by atoms with Crippen molar-refractivity contribution in [3.8, 4) is 0 Å². The second-order valence-corrected chi connectivity index (χ2v) is 6.93. The highest BCUT2D eigenvalue weighted by atomic mass is 19.1. The Labute approximate surface area is 174 Å². The van der Waals surface area contributed by atoms with Crippen LogP contribution in [0, 0.1) is 5.82 Å². The van der Waals surface area contributed by atoms with Gasteiger partial charge < -0.3 is 20.1 Å². The van der Waals surface area contributed by atoms with Crippen LogP contribution in [-0.2, 0) is 27.3 Å². The summed E-state index contributed by atoms with van der Waals surface area (Å²) in [6, 6.07) is 1.56. The van der Waals surface area contributed by atoms with E-state index in [0.29, 0.717) is 34.3 Å². The van der Waals surface area contributed by atoms with Crippen LogP contribution in [0.25, 0.3) is 16.6 Å². The van der Waals surface area contributed by atoms with Gasteiger partial charge in [0.15, 0.2) is 0 Å². The summed E-state index contributed by atoms with van der Waals surface area (Å²) in [6.45, 7) is -0.269. The van der Waals surface area contributed by atoms with Gasteiger partial charge in [0.25, 0.3) is 0 Å². The quantitative estimate of drug-likeness (QED) is 0.508. The van der Waals surface area contributed by atoms with Crippen molar-refractivity contribution in [1.82, 2.24) is 24.8 Å². The molecule has 0 radical (unpaired) electrons. The maximum Gasteiger partial charge on any atom is 0.326 e. The second-order valence-electron chi connectivity index (χ2n) is 6.93. The van der Waals surface area contributed by atoms with Crippen LogP contribution < -0.4 is 5.32 Å². The summed E-state index contributed by atoms with van der Waals surface area (Å²) in [5.41, 5.74) is 3.07. The van der Waals surface area contributed by atoms with Crippen molar-refractivity contribution < 1.29 is 29.0 Å². The van der Waals surface area contributed by atoms with Gasteiger partial charge in [0, 0.05) is 29.1 Å². The van der Waals surface area contributed by atoms with Crippen LogP contribution in [0.2, 0.25) is 0 Å². The van der Waals surface area contributed by atoms with Crippen LogP contribution >= 0.6 is 0 Å². The van der Waals surface area contributed by atoms with Gasteiger partial charge in [0.1, 0.15) is 30.4 Å². The third-order valence-electron chi connectivity index (χ3n) is 4.86. The Balaban J connectivity index is 1.61. The smallest absolute Gasteiger partial charge is 0.326 e. The van der Waals surface area contributed by atoms with Gasteiger partial charge in [-0.05, 0) is 12.1 Å². The number of nitrogens with zero attached hydrogens (tertiary/aromatic N) is 4. The van der Waals surface area contributed by atoms with E-state index in [2.05, 4.69) is 20.3 Å². The Morgan fingerprint density at radius 3 is 2.77 bits per heavy atom. The number of nitrogens with one attached hydrogen (secondary N) is 1. The van der Waals surface area contributed by atoms with E-state index in [1.54, 1.807) is 12.3 Å². The van der Waals surface area contributed by atoms with Crippen LogP contribution in [0.5, 0.6) is 0 Å². The van der Waals surface area contributed by atoms with Crippen molar-refractivity contribution in [1.29, 1.82) is 0 Å². The molecule has 3 heterocycles. The number of aliphatic carboxylic acids is 2. The van der Waals surface area contributed by atoms with Crippen molar-refractivity contribution in [3.63, 3.8) is 0 Å². The first-order valence-electron chi connectivity index (χ1n) is 9.22. The fourth-order valence-corrected chi connectivity index (χ4v) is 3.51. The fourth-order valence-electron chi connectivity index (χ4n) is 3.51. The highest BCUT2D eigenvalue weighted by Crippen LogP contribution is 2.34. The lowest BCUT2D eigenvalue weighted by Crippen LogP contribution is -2.43. The first-order chi connectivity index (χ1) is 14.8. The van der Waals surface area contributed by atoms with Gasteiger partial charge in [-0.25, -0.2) is 19.2 Å². The molecule has 0 spiro atoms. The van der Waals surface area contributed by atoms with E-state index in [-0.39, 0.29) is 6.54 Å². The Kier molecular flexibility index (Phi) is 5.15. The molecule has 0 aromatic carbocycles. The van der Waals surface area contributed by atoms with E-state index in [0.717, 1.165) is 11.9 Å². The highest BCUT2D eigenvalue weighted by molar-refractivity contribution is 5.95. The summed E-state index contributed by atoms with van der Waals surface area (Å²) in [7, 11) is 0. The third-order valence-corrected chi connectivity index (χ3v) is 4.86. The van der Waals surface area contributed by atoms with Crippen molar-refractivity contribution in [2.24, 2.45) is 0 Å². The number of allylic oxidation sites excluding steroid dienone is 1. The molecule has 31 heavy (non-hydrogen) atoms. The molecule has 1 atom stereocenters. The number of aromatic nitrogens is 4. The number of halogens is 1. The second kappa shape index (κ2) is 7.94. The largest absolute Gasteiger partial charge is 0.481 e. The zero-order chi connectivity index (χ0) is 22.1. The number of carbonyl (C=O) groups excluding carboxylic acids is 1. The van der Waals surface area contributed by atoms with Gasteiger partial charge in [-0.1, -0.05) is 6.08 Å². The molecule has 1 amide bonds. The first kappa shape index (κ1) is 20.1. The summed E-state index contributed by atoms with van der Waals surface area (Å²) < 4.78 is 15.2. The molecule has 3 aromatic heterocycles.